The van der Waals surface area contributed by atoms with Gasteiger partial charge in [0.1, 0.15) is 0 Å². The van der Waals surface area contributed by atoms with Gasteiger partial charge in [-0.1, -0.05) is 5.16 Å². The Morgan fingerprint density at radius 1 is 1.19 bits per heavy atom. The molecule has 3 heterocycles. The smallest absolute Gasteiger partial charge is 0.257 e. The van der Waals surface area contributed by atoms with E-state index in [0.717, 1.165) is 30.1 Å². The zero-order chi connectivity index (χ0) is 14.1. The van der Waals surface area contributed by atoms with E-state index >= 15 is 0 Å². The molecule has 0 bridgehead atoms. The van der Waals surface area contributed by atoms with Gasteiger partial charge < -0.3 is 9.26 Å². The van der Waals surface area contributed by atoms with E-state index in [4.69, 9.17) is 9.26 Å². The summed E-state index contributed by atoms with van der Waals surface area (Å²) in [5.41, 5.74) is 1.90. The third-order valence-electron chi connectivity index (χ3n) is 3.62. The molecule has 2 aromatic heterocycles. The number of hydrogen-bond donors (Lipinski definition) is 0. The molecule has 1 aliphatic heterocycles. The van der Waals surface area contributed by atoms with Crippen LogP contribution in [0.3, 0.4) is 0 Å². The van der Waals surface area contributed by atoms with Gasteiger partial charge in [-0.15, -0.1) is 0 Å². The topological polar surface area (TPSA) is 66.0 Å². The molecule has 1 aromatic carbocycles. The van der Waals surface area contributed by atoms with Gasteiger partial charge >= 0.3 is 0 Å². The molecule has 6 heteroatoms. The molecule has 0 spiro atoms. The third kappa shape index (κ3) is 2.34. The van der Waals surface area contributed by atoms with Gasteiger partial charge in [0.15, 0.2) is 5.82 Å². The van der Waals surface area contributed by atoms with Crippen LogP contribution in [0.5, 0.6) is 0 Å². The average Bonchev–Trinajstić information content (AvgIpc) is 3.27. The van der Waals surface area contributed by atoms with Crippen molar-refractivity contribution < 1.29 is 9.26 Å². The maximum Gasteiger partial charge on any atom is 0.257 e. The van der Waals surface area contributed by atoms with Crippen LogP contribution in [0.15, 0.2) is 47.2 Å². The van der Waals surface area contributed by atoms with Crippen molar-refractivity contribution in [2.24, 2.45) is 0 Å². The van der Waals surface area contributed by atoms with Crippen molar-refractivity contribution in [2.45, 2.75) is 12.3 Å². The van der Waals surface area contributed by atoms with Crippen LogP contribution in [-0.4, -0.2) is 33.1 Å². The van der Waals surface area contributed by atoms with Crippen molar-refractivity contribution in [1.82, 2.24) is 19.9 Å². The van der Waals surface area contributed by atoms with E-state index in [1.54, 1.807) is 10.9 Å². The molecule has 106 valence electrons. The Morgan fingerprint density at radius 2 is 2.10 bits per heavy atom. The first-order chi connectivity index (χ1) is 10.4. The summed E-state index contributed by atoms with van der Waals surface area (Å²) >= 11 is 0. The van der Waals surface area contributed by atoms with Gasteiger partial charge in [-0.05, 0) is 36.8 Å². The molecule has 0 N–H and O–H groups in total. The summed E-state index contributed by atoms with van der Waals surface area (Å²) in [5.74, 6) is 1.54. The second-order valence-corrected chi connectivity index (χ2v) is 5.02. The molecule has 3 aromatic rings. The Balaban J connectivity index is 1.58. The molecule has 1 fully saturated rings. The highest BCUT2D eigenvalue weighted by molar-refractivity contribution is 5.55. The van der Waals surface area contributed by atoms with Crippen molar-refractivity contribution in [3.05, 3.63) is 48.5 Å². The van der Waals surface area contributed by atoms with Crippen LogP contribution >= 0.6 is 0 Å². The number of ether oxygens (including phenoxy) is 1. The molecular formula is C15H14N4O2. The summed E-state index contributed by atoms with van der Waals surface area (Å²) in [6, 6.07) is 9.76. The third-order valence-corrected chi connectivity index (χ3v) is 3.62. The first-order valence-corrected chi connectivity index (χ1v) is 6.92. The number of aromatic nitrogens is 4. The fourth-order valence-electron chi connectivity index (χ4n) is 2.43. The van der Waals surface area contributed by atoms with Crippen molar-refractivity contribution >= 4 is 0 Å². The van der Waals surface area contributed by atoms with E-state index < -0.39 is 0 Å². The van der Waals surface area contributed by atoms with Gasteiger partial charge in [0.25, 0.3) is 5.89 Å². The molecule has 1 aliphatic rings. The lowest BCUT2D eigenvalue weighted by Gasteiger charge is -2.01. The Bertz CT molecular complexity index is 712. The molecule has 21 heavy (non-hydrogen) atoms. The summed E-state index contributed by atoms with van der Waals surface area (Å²) in [4.78, 5) is 4.47. The maximum atomic E-state index is 5.35. The molecule has 0 radical (unpaired) electrons. The van der Waals surface area contributed by atoms with Crippen LogP contribution in [0.2, 0.25) is 0 Å². The highest BCUT2D eigenvalue weighted by atomic mass is 16.5. The van der Waals surface area contributed by atoms with Gasteiger partial charge in [-0.3, -0.25) is 0 Å². The van der Waals surface area contributed by atoms with E-state index in [1.165, 1.54) is 0 Å². The lowest BCUT2D eigenvalue weighted by atomic mass is 10.1. The first kappa shape index (κ1) is 12.3. The highest BCUT2D eigenvalue weighted by Crippen LogP contribution is 2.26. The molecule has 1 saturated heterocycles. The lowest BCUT2D eigenvalue weighted by molar-refractivity contribution is 0.192. The molecule has 0 aliphatic carbocycles. The SMILES string of the molecule is c1cnn(-c2ccc(-c3nc([C@H]4CCOC4)no3)cc2)c1. The monoisotopic (exact) mass is 282 g/mol. The zero-order valence-corrected chi connectivity index (χ0v) is 11.3. The van der Waals surface area contributed by atoms with Gasteiger partial charge in [-0.2, -0.15) is 10.1 Å². The summed E-state index contributed by atoms with van der Waals surface area (Å²) < 4.78 is 12.5. The molecule has 1 atom stereocenters. The quantitative estimate of drug-likeness (QED) is 0.738. The first-order valence-electron chi connectivity index (χ1n) is 6.92. The largest absolute Gasteiger partial charge is 0.381 e. The molecular weight excluding hydrogens is 268 g/mol. The lowest BCUT2D eigenvalue weighted by Crippen LogP contribution is -1.99. The fourth-order valence-corrected chi connectivity index (χ4v) is 2.43. The Morgan fingerprint density at radius 3 is 2.81 bits per heavy atom. The molecule has 4 rings (SSSR count). The predicted octanol–water partition coefficient (Wildman–Crippen LogP) is 2.43. The van der Waals surface area contributed by atoms with Crippen LogP contribution in [0.4, 0.5) is 0 Å². The second kappa shape index (κ2) is 5.14. The van der Waals surface area contributed by atoms with Crippen molar-refractivity contribution in [1.29, 1.82) is 0 Å². The Hall–Kier alpha value is -2.47. The van der Waals surface area contributed by atoms with Crippen molar-refractivity contribution in [2.75, 3.05) is 13.2 Å². The molecule has 0 saturated carbocycles. The van der Waals surface area contributed by atoms with Crippen LogP contribution in [0.25, 0.3) is 17.1 Å². The van der Waals surface area contributed by atoms with Crippen molar-refractivity contribution in [3.63, 3.8) is 0 Å². The fraction of sp³-hybridized carbons (Fsp3) is 0.267. The van der Waals surface area contributed by atoms with Gasteiger partial charge in [-0.25, -0.2) is 4.68 Å². The van der Waals surface area contributed by atoms with Gasteiger partial charge in [0.2, 0.25) is 0 Å². The maximum absolute atomic E-state index is 5.35. The van der Waals surface area contributed by atoms with Crippen molar-refractivity contribution in [3.8, 4) is 17.1 Å². The number of rotatable bonds is 3. The normalized spacial score (nSPS) is 18.2. The second-order valence-electron chi connectivity index (χ2n) is 5.02. The summed E-state index contributed by atoms with van der Waals surface area (Å²) in [5, 5.41) is 8.26. The van der Waals surface area contributed by atoms with E-state index in [0.29, 0.717) is 12.5 Å². The minimum absolute atomic E-state index is 0.255. The number of benzene rings is 1. The van der Waals surface area contributed by atoms with Gasteiger partial charge in [0, 0.05) is 30.5 Å². The predicted molar refractivity (Wildman–Crippen MR) is 75.0 cm³/mol. The van der Waals surface area contributed by atoms with E-state index in [1.807, 2.05) is 36.5 Å². The van der Waals surface area contributed by atoms with Crippen LogP contribution in [0, 0.1) is 0 Å². The van der Waals surface area contributed by atoms with E-state index in [-0.39, 0.29) is 5.92 Å². The summed E-state index contributed by atoms with van der Waals surface area (Å²) in [6.45, 7) is 1.45. The number of nitrogens with zero attached hydrogens (tertiary/aromatic N) is 4. The minimum Gasteiger partial charge on any atom is -0.381 e. The summed E-state index contributed by atoms with van der Waals surface area (Å²) in [7, 11) is 0. The Labute approximate surface area is 121 Å². The molecule has 0 amide bonds. The average molecular weight is 282 g/mol. The van der Waals surface area contributed by atoms with Crippen LogP contribution in [0.1, 0.15) is 18.2 Å². The zero-order valence-electron chi connectivity index (χ0n) is 11.3. The number of hydrogen-bond acceptors (Lipinski definition) is 5. The summed E-state index contributed by atoms with van der Waals surface area (Å²) in [6.07, 6.45) is 4.61. The van der Waals surface area contributed by atoms with Crippen LogP contribution < -0.4 is 0 Å². The molecule has 0 unspecified atom stereocenters. The minimum atomic E-state index is 0.255. The van der Waals surface area contributed by atoms with Crippen LogP contribution in [-0.2, 0) is 4.74 Å². The Kier molecular flexibility index (Phi) is 3.01. The molecule has 6 nitrogen and oxygen atoms in total. The van der Waals surface area contributed by atoms with Gasteiger partial charge in [0.05, 0.1) is 12.3 Å². The standard InChI is InChI=1S/C15H14N4O2/c1-7-16-19(8-1)13-4-2-11(3-5-13)15-17-14(18-21-15)12-6-9-20-10-12/h1-5,7-8,12H,6,9-10H2/t12-/m0/s1. The van der Waals surface area contributed by atoms with E-state index in [9.17, 15) is 0 Å². The van der Waals surface area contributed by atoms with E-state index in [2.05, 4.69) is 15.2 Å². The highest BCUT2D eigenvalue weighted by Gasteiger charge is 2.23.